The Morgan fingerprint density at radius 1 is 1.13 bits per heavy atom. The second-order valence-corrected chi connectivity index (χ2v) is 7.56. The predicted octanol–water partition coefficient (Wildman–Crippen LogP) is 3.44. The number of aromatic nitrogens is 4. The van der Waals surface area contributed by atoms with Gasteiger partial charge in [-0.3, -0.25) is 14.3 Å². The fourth-order valence-corrected chi connectivity index (χ4v) is 3.84. The number of furan rings is 1. The van der Waals surface area contributed by atoms with Gasteiger partial charge in [0.05, 0.1) is 18.6 Å². The van der Waals surface area contributed by atoms with Gasteiger partial charge in [-0.15, -0.1) is 10.2 Å². The minimum atomic E-state index is -0.167. The van der Waals surface area contributed by atoms with Crippen molar-refractivity contribution in [2.24, 2.45) is 0 Å². The maximum atomic E-state index is 12.5. The zero-order valence-electron chi connectivity index (χ0n) is 16.2. The molecule has 0 bridgehead atoms. The van der Waals surface area contributed by atoms with Gasteiger partial charge in [0.25, 0.3) is 0 Å². The molecule has 4 aromatic rings. The van der Waals surface area contributed by atoms with Crippen molar-refractivity contribution in [3.05, 3.63) is 66.9 Å². The summed E-state index contributed by atoms with van der Waals surface area (Å²) in [6.07, 6.45) is 5.05. The van der Waals surface area contributed by atoms with Crippen molar-refractivity contribution in [3.8, 4) is 22.9 Å². The molecule has 10 heteroatoms. The van der Waals surface area contributed by atoms with E-state index in [9.17, 15) is 4.79 Å². The molecular weight excluding hydrogens is 418 g/mol. The summed E-state index contributed by atoms with van der Waals surface area (Å²) in [6.45, 7) is 0.628. The molecule has 1 amide bonds. The van der Waals surface area contributed by atoms with Gasteiger partial charge in [0, 0.05) is 29.7 Å². The highest BCUT2D eigenvalue weighted by Crippen LogP contribution is 2.34. The molecule has 0 saturated heterocycles. The molecule has 156 valence electrons. The highest BCUT2D eigenvalue weighted by molar-refractivity contribution is 7.99. The number of hydrogen-bond donors (Lipinski definition) is 1. The second-order valence-electron chi connectivity index (χ2n) is 6.62. The molecule has 0 spiro atoms. The van der Waals surface area contributed by atoms with Crippen LogP contribution in [0.2, 0.25) is 0 Å². The van der Waals surface area contributed by atoms with Crippen LogP contribution in [0, 0.1) is 0 Å². The predicted molar refractivity (Wildman–Crippen MR) is 113 cm³/mol. The van der Waals surface area contributed by atoms with E-state index in [0.29, 0.717) is 34.7 Å². The summed E-state index contributed by atoms with van der Waals surface area (Å²) in [4.78, 5) is 16.7. The van der Waals surface area contributed by atoms with Crippen LogP contribution in [0.5, 0.6) is 11.5 Å². The van der Waals surface area contributed by atoms with Gasteiger partial charge in [0.2, 0.25) is 12.7 Å². The molecule has 3 aromatic heterocycles. The van der Waals surface area contributed by atoms with E-state index >= 15 is 0 Å². The number of rotatable bonds is 7. The lowest BCUT2D eigenvalue weighted by molar-refractivity contribution is -0.113. The number of amides is 1. The monoisotopic (exact) mass is 435 g/mol. The molecular formula is C21H17N5O4S. The minimum Gasteiger partial charge on any atom is -0.467 e. The number of thioether (sulfide) groups is 1. The average molecular weight is 435 g/mol. The summed E-state index contributed by atoms with van der Waals surface area (Å²) in [5.41, 5.74) is 1.47. The first-order valence-corrected chi connectivity index (χ1v) is 10.4. The molecule has 9 nitrogen and oxygen atoms in total. The van der Waals surface area contributed by atoms with Crippen LogP contribution in [0.4, 0.5) is 5.69 Å². The molecule has 0 unspecified atom stereocenters. The van der Waals surface area contributed by atoms with Crippen molar-refractivity contribution in [2.75, 3.05) is 17.9 Å². The van der Waals surface area contributed by atoms with Gasteiger partial charge >= 0.3 is 0 Å². The minimum absolute atomic E-state index is 0.164. The van der Waals surface area contributed by atoms with Gasteiger partial charge in [-0.2, -0.15) is 0 Å². The van der Waals surface area contributed by atoms with Crippen molar-refractivity contribution in [1.29, 1.82) is 0 Å². The normalized spacial score (nSPS) is 12.1. The van der Waals surface area contributed by atoms with E-state index in [1.54, 1.807) is 36.9 Å². The fourth-order valence-electron chi connectivity index (χ4n) is 3.11. The van der Waals surface area contributed by atoms with E-state index in [1.165, 1.54) is 11.8 Å². The first-order chi connectivity index (χ1) is 15.3. The summed E-state index contributed by atoms with van der Waals surface area (Å²) < 4.78 is 18.0. The van der Waals surface area contributed by atoms with E-state index in [2.05, 4.69) is 20.5 Å². The van der Waals surface area contributed by atoms with Crippen molar-refractivity contribution >= 4 is 23.4 Å². The van der Waals surface area contributed by atoms with E-state index in [1.807, 2.05) is 28.8 Å². The smallest absolute Gasteiger partial charge is 0.234 e. The summed E-state index contributed by atoms with van der Waals surface area (Å²) >= 11 is 1.30. The Hall–Kier alpha value is -3.79. The summed E-state index contributed by atoms with van der Waals surface area (Å²) in [5, 5.41) is 12.1. The maximum absolute atomic E-state index is 12.5. The van der Waals surface area contributed by atoms with Crippen LogP contribution < -0.4 is 14.8 Å². The molecule has 1 aliphatic rings. The highest BCUT2D eigenvalue weighted by atomic mass is 32.2. The molecule has 5 rings (SSSR count). The van der Waals surface area contributed by atoms with Crippen molar-refractivity contribution in [1.82, 2.24) is 19.7 Å². The molecule has 4 heterocycles. The number of fused-ring (bicyclic) bond motifs is 1. The molecule has 1 N–H and O–H groups in total. The fraction of sp³-hybridized carbons (Fsp3) is 0.143. The summed E-state index contributed by atoms with van der Waals surface area (Å²) in [6, 6.07) is 12.7. The Labute approximate surface area is 181 Å². The third-order valence-electron chi connectivity index (χ3n) is 4.52. The van der Waals surface area contributed by atoms with Gasteiger partial charge < -0.3 is 19.2 Å². The number of carbonyl (C=O) groups excluding carboxylic acids is 1. The lowest BCUT2D eigenvalue weighted by Crippen LogP contribution is -2.14. The number of benzene rings is 1. The van der Waals surface area contributed by atoms with Gasteiger partial charge in [0.15, 0.2) is 22.5 Å². The standard InChI is InChI=1S/C21H17N5O4S/c27-19(23-15-5-6-17-18(9-15)30-13-29-17)12-31-21-25-24-20(14-3-1-7-22-10-14)26(21)11-16-4-2-8-28-16/h1-10H,11-13H2,(H,23,27). The number of carbonyl (C=O) groups is 1. The first kappa shape index (κ1) is 19.2. The van der Waals surface area contributed by atoms with Crippen LogP contribution >= 0.6 is 11.8 Å². The van der Waals surface area contributed by atoms with Crippen molar-refractivity contribution < 1.29 is 18.7 Å². The van der Waals surface area contributed by atoms with E-state index in [4.69, 9.17) is 13.9 Å². The molecule has 0 atom stereocenters. The van der Waals surface area contributed by atoms with E-state index < -0.39 is 0 Å². The van der Waals surface area contributed by atoms with Gasteiger partial charge in [-0.05, 0) is 36.4 Å². The van der Waals surface area contributed by atoms with E-state index in [-0.39, 0.29) is 18.5 Å². The zero-order valence-corrected chi connectivity index (χ0v) is 17.0. The molecule has 0 radical (unpaired) electrons. The average Bonchev–Trinajstić information content (AvgIpc) is 3.54. The van der Waals surface area contributed by atoms with Crippen molar-refractivity contribution in [3.63, 3.8) is 0 Å². The molecule has 31 heavy (non-hydrogen) atoms. The lowest BCUT2D eigenvalue weighted by Gasteiger charge is -2.09. The Morgan fingerprint density at radius 3 is 2.90 bits per heavy atom. The largest absolute Gasteiger partial charge is 0.467 e. The second kappa shape index (κ2) is 8.52. The van der Waals surface area contributed by atoms with Crippen LogP contribution in [-0.4, -0.2) is 38.2 Å². The molecule has 0 aliphatic carbocycles. The first-order valence-electron chi connectivity index (χ1n) is 9.44. The highest BCUT2D eigenvalue weighted by Gasteiger charge is 2.18. The van der Waals surface area contributed by atoms with Gasteiger partial charge in [-0.1, -0.05) is 11.8 Å². The number of nitrogens with one attached hydrogen (secondary N) is 1. The Balaban J connectivity index is 1.31. The van der Waals surface area contributed by atoms with Crippen LogP contribution in [0.15, 0.2) is 70.7 Å². The van der Waals surface area contributed by atoms with Crippen LogP contribution in [0.25, 0.3) is 11.4 Å². The summed E-state index contributed by atoms with van der Waals surface area (Å²) in [5.74, 6) is 2.70. The molecule has 1 aromatic carbocycles. The topological polar surface area (TPSA) is 104 Å². The third-order valence-corrected chi connectivity index (χ3v) is 5.49. The number of hydrogen-bond acceptors (Lipinski definition) is 8. The van der Waals surface area contributed by atoms with E-state index in [0.717, 1.165) is 11.3 Å². The lowest BCUT2D eigenvalue weighted by atomic mass is 10.2. The number of pyridine rings is 1. The Kier molecular flexibility index (Phi) is 5.28. The number of nitrogens with zero attached hydrogens (tertiary/aromatic N) is 4. The number of anilines is 1. The quantitative estimate of drug-likeness (QED) is 0.440. The molecule has 0 fully saturated rings. The molecule has 1 aliphatic heterocycles. The van der Waals surface area contributed by atoms with Gasteiger partial charge in [-0.25, -0.2) is 0 Å². The Morgan fingerprint density at radius 2 is 2.06 bits per heavy atom. The SMILES string of the molecule is O=C(CSc1nnc(-c2cccnc2)n1Cc1ccco1)Nc1ccc2c(c1)OCO2. The zero-order chi connectivity index (χ0) is 21.0. The Bertz CT molecular complexity index is 1190. The molecule has 0 saturated carbocycles. The summed E-state index contributed by atoms with van der Waals surface area (Å²) in [7, 11) is 0. The van der Waals surface area contributed by atoms with Crippen LogP contribution in [0.1, 0.15) is 5.76 Å². The van der Waals surface area contributed by atoms with Crippen molar-refractivity contribution in [2.45, 2.75) is 11.7 Å². The van der Waals surface area contributed by atoms with Crippen LogP contribution in [0.3, 0.4) is 0 Å². The third kappa shape index (κ3) is 4.24. The van der Waals surface area contributed by atoms with Crippen LogP contribution in [-0.2, 0) is 11.3 Å². The maximum Gasteiger partial charge on any atom is 0.234 e. The van der Waals surface area contributed by atoms with Gasteiger partial charge in [0.1, 0.15) is 5.76 Å². The number of ether oxygens (including phenoxy) is 2.